The molecular weight excluding hydrogens is 366 g/mol. The highest BCUT2D eigenvalue weighted by atomic mass is 35.5. The van der Waals surface area contributed by atoms with E-state index in [4.69, 9.17) is 11.6 Å². The van der Waals surface area contributed by atoms with Gasteiger partial charge in [-0.1, -0.05) is 29.8 Å². The van der Waals surface area contributed by atoms with Gasteiger partial charge in [0.1, 0.15) is 5.56 Å². The number of aromatic nitrogens is 2. The molecule has 0 saturated carbocycles. The number of fused-ring (bicyclic) bond motifs is 1. The number of nitrogens with zero attached hydrogens (tertiary/aromatic N) is 2. The Morgan fingerprint density at radius 2 is 1.81 bits per heavy atom. The highest BCUT2D eigenvalue weighted by molar-refractivity contribution is 6.30. The van der Waals surface area contributed by atoms with Crippen LogP contribution >= 0.6 is 11.6 Å². The van der Waals surface area contributed by atoms with Gasteiger partial charge in [0.15, 0.2) is 0 Å². The van der Waals surface area contributed by atoms with Crippen LogP contribution in [0.15, 0.2) is 63.1 Å². The minimum absolute atomic E-state index is 0.0164. The van der Waals surface area contributed by atoms with Gasteiger partial charge in [-0.25, -0.2) is 9.36 Å². The van der Waals surface area contributed by atoms with Gasteiger partial charge in [0.25, 0.3) is 5.56 Å². The molecule has 0 aliphatic carbocycles. The number of benzene rings is 2. The summed E-state index contributed by atoms with van der Waals surface area (Å²) in [5.41, 5.74) is 1.89. The number of halogens is 1. The third-order valence-electron chi connectivity index (χ3n) is 4.48. The molecule has 0 saturated heterocycles. The zero-order valence-electron chi connectivity index (χ0n) is 14.2. The van der Waals surface area contributed by atoms with Gasteiger partial charge >= 0.3 is 5.69 Å². The van der Waals surface area contributed by atoms with E-state index < -0.39 is 17.1 Å². The first-order valence-electron chi connectivity index (χ1n) is 8.16. The molecule has 0 fully saturated rings. The molecule has 1 aromatic heterocycles. The number of aromatic hydroxyl groups is 1. The third kappa shape index (κ3) is 2.80. The Hall–Kier alpha value is -3.38. The predicted octanol–water partition coefficient (Wildman–Crippen LogP) is 3.53. The minimum Gasteiger partial charge on any atom is -0.494 e. The van der Waals surface area contributed by atoms with E-state index in [2.05, 4.69) is 9.98 Å². The lowest BCUT2D eigenvalue weighted by molar-refractivity contribution is 0.429. The van der Waals surface area contributed by atoms with E-state index in [-0.39, 0.29) is 5.56 Å². The summed E-state index contributed by atoms with van der Waals surface area (Å²) in [5, 5.41) is 11.3. The van der Waals surface area contributed by atoms with Crippen LogP contribution in [0, 0.1) is 0 Å². The van der Waals surface area contributed by atoms with E-state index in [0.29, 0.717) is 21.9 Å². The largest absolute Gasteiger partial charge is 0.494 e. The number of allylic oxidation sites excluding steroid dienone is 2. The zero-order chi connectivity index (χ0) is 19.1. The first kappa shape index (κ1) is 17.1. The molecule has 0 spiro atoms. The van der Waals surface area contributed by atoms with Gasteiger partial charge in [-0.3, -0.25) is 14.8 Å². The lowest BCUT2D eigenvalue weighted by Crippen LogP contribution is -2.31. The van der Waals surface area contributed by atoms with Crippen molar-refractivity contribution in [3.63, 3.8) is 0 Å². The molecule has 3 aromatic rings. The fourth-order valence-corrected chi connectivity index (χ4v) is 3.27. The maximum atomic E-state index is 12.5. The lowest BCUT2D eigenvalue weighted by atomic mass is 9.98. The van der Waals surface area contributed by atoms with Crippen molar-refractivity contribution in [3.8, 4) is 11.6 Å². The smallest absolute Gasteiger partial charge is 0.335 e. The number of para-hydroxylation sites is 1. The summed E-state index contributed by atoms with van der Waals surface area (Å²) in [4.78, 5) is 31.4. The Kier molecular flexibility index (Phi) is 4.05. The van der Waals surface area contributed by atoms with E-state index in [1.54, 1.807) is 37.4 Å². The van der Waals surface area contributed by atoms with Crippen molar-refractivity contribution in [2.24, 2.45) is 4.99 Å². The van der Waals surface area contributed by atoms with Gasteiger partial charge in [-0.15, -0.1) is 0 Å². The van der Waals surface area contributed by atoms with Crippen molar-refractivity contribution >= 4 is 34.6 Å². The molecule has 1 aliphatic rings. The second-order valence-electron chi connectivity index (χ2n) is 6.08. The normalized spacial score (nSPS) is 14.3. The van der Waals surface area contributed by atoms with Crippen molar-refractivity contribution in [3.05, 3.63) is 85.5 Å². The van der Waals surface area contributed by atoms with E-state index in [1.807, 2.05) is 24.3 Å². The van der Waals surface area contributed by atoms with E-state index in [1.165, 1.54) is 0 Å². The van der Waals surface area contributed by atoms with Crippen LogP contribution in [0.4, 0.5) is 5.69 Å². The van der Waals surface area contributed by atoms with Gasteiger partial charge in [0, 0.05) is 22.4 Å². The van der Waals surface area contributed by atoms with Crippen LogP contribution in [0.2, 0.25) is 5.02 Å². The third-order valence-corrected chi connectivity index (χ3v) is 4.73. The molecule has 1 aliphatic heterocycles. The van der Waals surface area contributed by atoms with Crippen LogP contribution < -0.4 is 11.2 Å². The molecular formula is C20H14ClN3O3. The maximum Gasteiger partial charge on any atom is 0.335 e. The summed E-state index contributed by atoms with van der Waals surface area (Å²) < 4.78 is 1.04. The number of nitrogens with one attached hydrogen (secondary N) is 1. The standard InChI is InChI=1S/C20H14ClN3O3/c1-11(15-10-22-16-5-3-2-4-14(15)16)17-18(25)23-20(27)24(19(17)26)13-8-6-12(21)7-9-13/h2-10,26H,1H3,(H,23,25,27). The minimum atomic E-state index is -0.734. The number of rotatable bonds is 2. The number of hydrogen-bond acceptors (Lipinski definition) is 4. The van der Waals surface area contributed by atoms with Crippen LogP contribution in [0.3, 0.4) is 0 Å². The Labute approximate surface area is 158 Å². The van der Waals surface area contributed by atoms with Crippen molar-refractivity contribution in [1.29, 1.82) is 0 Å². The second kappa shape index (κ2) is 6.41. The highest BCUT2D eigenvalue weighted by Crippen LogP contribution is 2.36. The first-order chi connectivity index (χ1) is 13.0. The molecule has 27 heavy (non-hydrogen) atoms. The Morgan fingerprint density at radius 3 is 2.56 bits per heavy atom. The fraction of sp³-hybridized carbons (Fsp3) is 0.0500. The molecule has 0 bridgehead atoms. The monoisotopic (exact) mass is 379 g/mol. The fourth-order valence-electron chi connectivity index (χ4n) is 3.14. The average molecular weight is 380 g/mol. The SMILES string of the molecule is CC(=C1C=Nc2ccccc21)c1c(O)n(-c2ccc(Cl)cc2)c(=O)[nH]c1=O. The molecule has 2 N–H and O–H groups in total. The van der Waals surface area contributed by atoms with Crippen LogP contribution in [-0.2, 0) is 0 Å². The molecule has 2 heterocycles. The van der Waals surface area contributed by atoms with E-state index in [0.717, 1.165) is 15.8 Å². The number of H-pyrrole nitrogens is 1. The van der Waals surface area contributed by atoms with E-state index in [9.17, 15) is 14.7 Å². The van der Waals surface area contributed by atoms with Crippen LogP contribution in [0.5, 0.6) is 5.88 Å². The number of aliphatic imine (C=N–C) groups is 1. The summed E-state index contributed by atoms with van der Waals surface area (Å²) in [5.74, 6) is -0.436. The highest BCUT2D eigenvalue weighted by Gasteiger charge is 2.22. The molecule has 4 rings (SSSR count). The molecule has 0 atom stereocenters. The second-order valence-corrected chi connectivity index (χ2v) is 6.52. The number of hydrogen-bond donors (Lipinski definition) is 2. The van der Waals surface area contributed by atoms with Crippen LogP contribution in [0.1, 0.15) is 18.1 Å². The molecule has 0 radical (unpaired) electrons. The number of aromatic amines is 1. The molecule has 134 valence electrons. The van der Waals surface area contributed by atoms with Gasteiger partial charge < -0.3 is 5.11 Å². The van der Waals surface area contributed by atoms with Crippen LogP contribution in [0.25, 0.3) is 16.8 Å². The summed E-state index contributed by atoms with van der Waals surface area (Å²) in [6.45, 7) is 1.71. The summed E-state index contributed by atoms with van der Waals surface area (Å²) in [7, 11) is 0. The summed E-state index contributed by atoms with van der Waals surface area (Å²) in [6, 6.07) is 13.9. The van der Waals surface area contributed by atoms with Crippen molar-refractivity contribution in [1.82, 2.24) is 9.55 Å². The first-order valence-corrected chi connectivity index (χ1v) is 8.54. The Morgan fingerprint density at radius 1 is 1.11 bits per heavy atom. The summed E-state index contributed by atoms with van der Waals surface area (Å²) in [6.07, 6.45) is 1.65. The van der Waals surface area contributed by atoms with Crippen molar-refractivity contribution in [2.45, 2.75) is 6.92 Å². The van der Waals surface area contributed by atoms with Gasteiger partial charge in [0.05, 0.1) is 11.4 Å². The quantitative estimate of drug-likeness (QED) is 0.714. The average Bonchev–Trinajstić information content (AvgIpc) is 3.07. The molecule has 0 amide bonds. The Balaban J connectivity index is 1.98. The molecule has 2 aromatic carbocycles. The topological polar surface area (TPSA) is 87.4 Å². The zero-order valence-corrected chi connectivity index (χ0v) is 15.0. The van der Waals surface area contributed by atoms with Crippen LogP contribution in [-0.4, -0.2) is 20.9 Å². The Bertz CT molecular complexity index is 1230. The predicted molar refractivity (Wildman–Crippen MR) is 106 cm³/mol. The molecule has 0 unspecified atom stereocenters. The molecule has 7 heteroatoms. The van der Waals surface area contributed by atoms with Gasteiger partial charge in [-0.2, -0.15) is 0 Å². The van der Waals surface area contributed by atoms with Crippen molar-refractivity contribution < 1.29 is 5.11 Å². The van der Waals surface area contributed by atoms with Gasteiger partial charge in [0.2, 0.25) is 5.88 Å². The van der Waals surface area contributed by atoms with Gasteiger partial charge in [-0.05, 0) is 42.8 Å². The van der Waals surface area contributed by atoms with Crippen molar-refractivity contribution in [2.75, 3.05) is 0 Å². The molecule has 6 nitrogen and oxygen atoms in total. The summed E-state index contributed by atoms with van der Waals surface area (Å²) >= 11 is 5.89. The lowest BCUT2D eigenvalue weighted by Gasteiger charge is -2.13. The van der Waals surface area contributed by atoms with E-state index >= 15 is 0 Å². The maximum absolute atomic E-state index is 12.5.